The van der Waals surface area contributed by atoms with Crippen LogP contribution in [0.3, 0.4) is 0 Å². The first-order chi connectivity index (χ1) is 10.0. The van der Waals surface area contributed by atoms with Crippen molar-refractivity contribution in [1.82, 2.24) is 10.3 Å². The number of pyridine rings is 1. The van der Waals surface area contributed by atoms with Crippen LogP contribution in [0.25, 0.3) is 10.9 Å². The third-order valence-electron chi connectivity index (χ3n) is 4.25. The van der Waals surface area contributed by atoms with Crippen molar-refractivity contribution in [1.29, 1.82) is 0 Å². The van der Waals surface area contributed by atoms with Gasteiger partial charge in [0, 0.05) is 18.0 Å². The van der Waals surface area contributed by atoms with Crippen molar-refractivity contribution in [3.63, 3.8) is 0 Å². The summed E-state index contributed by atoms with van der Waals surface area (Å²) >= 11 is 0. The maximum absolute atomic E-state index is 12.7. The van der Waals surface area contributed by atoms with E-state index in [1.165, 1.54) is 12.8 Å². The van der Waals surface area contributed by atoms with Gasteiger partial charge in [0.1, 0.15) is 5.82 Å². The molecule has 0 saturated heterocycles. The van der Waals surface area contributed by atoms with Crippen LogP contribution in [0.1, 0.15) is 37.0 Å². The van der Waals surface area contributed by atoms with Gasteiger partial charge in [0.15, 0.2) is 0 Å². The molecule has 1 amide bonds. The number of anilines is 1. The van der Waals surface area contributed by atoms with Gasteiger partial charge in [0.2, 0.25) is 0 Å². The second kappa shape index (κ2) is 5.02. The van der Waals surface area contributed by atoms with Gasteiger partial charge in [0.25, 0.3) is 5.91 Å². The molecule has 2 aromatic rings. The maximum atomic E-state index is 12.7. The number of amides is 1. The van der Waals surface area contributed by atoms with Gasteiger partial charge in [-0.15, -0.1) is 0 Å². The number of nitrogens with one attached hydrogen (secondary N) is 2. The first-order valence-electron chi connectivity index (χ1n) is 7.41. The quantitative estimate of drug-likeness (QED) is 0.906. The number of rotatable bonds is 4. The highest BCUT2D eigenvalue weighted by Crippen LogP contribution is 2.39. The summed E-state index contributed by atoms with van der Waals surface area (Å²) in [5.74, 6) is 1.28. The fourth-order valence-electron chi connectivity index (χ4n) is 2.76. The molecule has 0 unspecified atom stereocenters. The van der Waals surface area contributed by atoms with Crippen LogP contribution in [0.5, 0.6) is 0 Å². The van der Waals surface area contributed by atoms with Gasteiger partial charge < -0.3 is 10.6 Å². The standard InChI is InChI=1S/C17H21N3O/c1-17(2,11-8-9-11)20-16(21)13-10-15(18-3)19-14-7-5-4-6-12(13)14/h4-7,10-11H,8-9H2,1-3H3,(H,18,19)(H,20,21). The molecular weight excluding hydrogens is 262 g/mol. The summed E-state index contributed by atoms with van der Waals surface area (Å²) in [6, 6.07) is 9.57. The molecule has 0 spiro atoms. The largest absolute Gasteiger partial charge is 0.373 e. The van der Waals surface area contributed by atoms with E-state index in [4.69, 9.17) is 0 Å². The molecule has 2 N–H and O–H groups in total. The number of carbonyl (C=O) groups excluding carboxylic acids is 1. The lowest BCUT2D eigenvalue weighted by Crippen LogP contribution is -2.45. The average Bonchev–Trinajstić information content (AvgIpc) is 3.30. The van der Waals surface area contributed by atoms with Crippen molar-refractivity contribution < 1.29 is 4.79 Å². The Morgan fingerprint density at radius 2 is 2.00 bits per heavy atom. The molecule has 1 saturated carbocycles. The lowest BCUT2D eigenvalue weighted by molar-refractivity contribution is 0.0905. The minimum atomic E-state index is -0.152. The van der Waals surface area contributed by atoms with E-state index in [2.05, 4.69) is 29.5 Å². The van der Waals surface area contributed by atoms with Crippen LogP contribution >= 0.6 is 0 Å². The van der Waals surface area contributed by atoms with E-state index < -0.39 is 0 Å². The van der Waals surface area contributed by atoms with Gasteiger partial charge in [-0.1, -0.05) is 18.2 Å². The summed E-state index contributed by atoms with van der Waals surface area (Å²) in [5.41, 5.74) is 1.36. The van der Waals surface area contributed by atoms with Crippen LogP contribution in [-0.2, 0) is 0 Å². The number of aromatic nitrogens is 1. The first-order valence-corrected chi connectivity index (χ1v) is 7.41. The minimum absolute atomic E-state index is 0.0259. The van der Waals surface area contributed by atoms with E-state index in [-0.39, 0.29) is 11.4 Å². The Morgan fingerprint density at radius 1 is 1.29 bits per heavy atom. The summed E-state index contributed by atoms with van der Waals surface area (Å²) in [6.07, 6.45) is 2.40. The molecule has 1 aliphatic carbocycles. The van der Waals surface area contributed by atoms with E-state index in [9.17, 15) is 4.79 Å². The van der Waals surface area contributed by atoms with E-state index in [1.54, 1.807) is 0 Å². The van der Waals surface area contributed by atoms with E-state index >= 15 is 0 Å². The summed E-state index contributed by atoms with van der Waals surface area (Å²) in [4.78, 5) is 17.2. The monoisotopic (exact) mass is 283 g/mol. The van der Waals surface area contributed by atoms with Crippen LogP contribution in [0, 0.1) is 5.92 Å². The highest BCUT2D eigenvalue weighted by Gasteiger charge is 2.39. The third-order valence-corrected chi connectivity index (χ3v) is 4.25. The van der Waals surface area contributed by atoms with E-state index in [0.717, 1.165) is 10.9 Å². The molecule has 1 fully saturated rings. The normalized spacial score (nSPS) is 15.0. The van der Waals surface area contributed by atoms with Crippen molar-refractivity contribution in [2.24, 2.45) is 5.92 Å². The molecule has 0 bridgehead atoms. The molecule has 1 heterocycles. The first kappa shape index (κ1) is 13.9. The zero-order chi connectivity index (χ0) is 15.0. The summed E-state index contributed by atoms with van der Waals surface area (Å²) in [6.45, 7) is 4.20. The molecule has 4 heteroatoms. The van der Waals surface area contributed by atoms with Gasteiger partial charge >= 0.3 is 0 Å². The number of nitrogens with zero attached hydrogens (tertiary/aromatic N) is 1. The summed E-state index contributed by atoms with van der Waals surface area (Å²) < 4.78 is 0. The van der Waals surface area contributed by atoms with E-state index in [0.29, 0.717) is 17.3 Å². The maximum Gasteiger partial charge on any atom is 0.252 e. The van der Waals surface area contributed by atoms with Gasteiger partial charge in [-0.25, -0.2) is 4.98 Å². The van der Waals surface area contributed by atoms with Gasteiger partial charge in [-0.2, -0.15) is 0 Å². The number of hydrogen-bond acceptors (Lipinski definition) is 3. The van der Waals surface area contributed by atoms with Crippen molar-refractivity contribution in [3.05, 3.63) is 35.9 Å². The number of fused-ring (bicyclic) bond motifs is 1. The fraction of sp³-hybridized carbons (Fsp3) is 0.412. The van der Waals surface area contributed by atoms with Crippen LogP contribution in [0.2, 0.25) is 0 Å². The predicted octanol–water partition coefficient (Wildman–Crippen LogP) is 3.19. The molecule has 1 aromatic heterocycles. The molecule has 0 atom stereocenters. The smallest absolute Gasteiger partial charge is 0.252 e. The van der Waals surface area contributed by atoms with Crippen molar-refractivity contribution >= 4 is 22.6 Å². The lowest BCUT2D eigenvalue weighted by atomic mass is 9.97. The zero-order valence-corrected chi connectivity index (χ0v) is 12.7. The Labute approximate surface area is 125 Å². The summed E-state index contributed by atoms with van der Waals surface area (Å²) in [5, 5.41) is 7.09. The summed E-state index contributed by atoms with van der Waals surface area (Å²) in [7, 11) is 1.81. The van der Waals surface area contributed by atoms with Crippen molar-refractivity contribution in [3.8, 4) is 0 Å². The van der Waals surface area contributed by atoms with Crippen LogP contribution < -0.4 is 10.6 Å². The second-order valence-electron chi connectivity index (χ2n) is 6.27. The molecule has 21 heavy (non-hydrogen) atoms. The predicted molar refractivity (Wildman–Crippen MR) is 85.6 cm³/mol. The highest BCUT2D eigenvalue weighted by molar-refractivity contribution is 6.07. The molecule has 1 aliphatic rings. The molecule has 110 valence electrons. The van der Waals surface area contributed by atoms with Crippen LogP contribution in [-0.4, -0.2) is 23.5 Å². The van der Waals surface area contributed by atoms with Gasteiger partial charge in [-0.05, 0) is 44.7 Å². The number of benzene rings is 1. The van der Waals surface area contributed by atoms with Crippen LogP contribution in [0.4, 0.5) is 5.82 Å². The SMILES string of the molecule is CNc1cc(C(=O)NC(C)(C)C2CC2)c2ccccc2n1. The Bertz CT molecular complexity index is 689. The molecule has 0 aliphatic heterocycles. The third kappa shape index (κ3) is 2.71. The highest BCUT2D eigenvalue weighted by atomic mass is 16.1. The van der Waals surface area contributed by atoms with Crippen molar-refractivity contribution in [2.45, 2.75) is 32.2 Å². The molecule has 4 nitrogen and oxygen atoms in total. The Hall–Kier alpha value is -2.10. The fourth-order valence-corrected chi connectivity index (χ4v) is 2.76. The second-order valence-corrected chi connectivity index (χ2v) is 6.27. The molecular formula is C17H21N3O. The topological polar surface area (TPSA) is 54.0 Å². The van der Waals surface area contributed by atoms with Gasteiger partial charge in [-0.3, -0.25) is 4.79 Å². The zero-order valence-electron chi connectivity index (χ0n) is 12.7. The number of carbonyl (C=O) groups is 1. The van der Waals surface area contributed by atoms with Gasteiger partial charge in [0.05, 0.1) is 11.1 Å². The number of hydrogen-bond donors (Lipinski definition) is 2. The Kier molecular flexibility index (Phi) is 3.32. The Balaban J connectivity index is 2.00. The lowest BCUT2D eigenvalue weighted by Gasteiger charge is -2.26. The average molecular weight is 283 g/mol. The van der Waals surface area contributed by atoms with Crippen molar-refractivity contribution in [2.75, 3.05) is 12.4 Å². The molecule has 0 radical (unpaired) electrons. The van der Waals surface area contributed by atoms with E-state index in [1.807, 2.05) is 37.4 Å². The minimum Gasteiger partial charge on any atom is -0.373 e. The molecule has 3 rings (SSSR count). The molecule has 1 aromatic carbocycles. The van der Waals surface area contributed by atoms with Crippen LogP contribution in [0.15, 0.2) is 30.3 Å². The Morgan fingerprint density at radius 3 is 2.67 bits per heavy atom. The number of para-hydroxylation sites is 1.